The maximum Gasteiger partial charge on any atom is 0.306 e. The van der Waals surface area contributed by atoms with E-state index in [0.29, 0.717) is 30.4 Å². The Balaban J connectivity index is 1.21. The summed E-state index contributed by atoms with van der Waals surface area (Å²) in [4.78, 5) is 24.9. The van der Waals surface area contributed by atoms with Crippen LogP contribution in [0.2, 0.25) is 0 Å². The third-order valence-electron chi connectivity index (χ3n) is 6.83. The monoisotopic (exact) mass is 427 g/mol. The van der Waals surface area contributed by atoms with Crippen LogP contribution in [0.5, 0.6) is 0 Å². The van der Waals surface area contributed by atoms with Crippen LogP contribution in [0.1, 0.15) is 50.8 Å². The smallest absolute Gasteiger partial charge is 0.306 e. The Kier molecular flexibility index (Phi) is 4.80. The zero-order chi connectivity index (χ0) is 21.6. The highest BCUT2D eigenvalue weighted by atomic mass is 19.1. The second kappa shape index (κ2) is 7.40. The first-order valence-corrected chi connectivity index (χ1v) is 10.7. The van der Waals surface area contributed by atoms with Gasteiger partial charge >= 0.3 is 5.97 Å². The number of nitrogens with two attached hydrogens (primary N) is 1. The number of halogens is 1. The highest BCUT2D eigenvalue weighted by molar-refractivity contribution is 5.70. The zero-order valence-corrected chi connectivity index (χ0v) is 17.2. The van der Waals surface area contributed by atoms with Crippen molar-refractivity contribution in [1.82, 2.24) is 15.0 Å². The number of aromatic nitrogens is 3. The summed E-state index contributed by atoms with van der Waals surface area (Å²) in [6, 6.07) is 5.73. The quantitative estimate of drug-likeness (QED) is 0.601. The van der Waals surface area contributed by atoms with Gasteiger partial charge in [-0.15, -0.1) is 0 Å². The van der Waals surface area contributed by atoms with Gasteiger partial charge in [0, 0.05) is 5.69 Å². The molecule has 0 aliphatic heterocycles. The maximum absolute atomic E-state index is 13.1. The second-order valence-corrected chi connectivity index (χ2v) is 9.59. The van der Waals surface area contributed by atoms with Crippen LogP contribution in [0.4, 0.5) is 22.0 Å². The van der Waals surface area contributed by atoms with E-state index in [0.717, 1.165) is 25.7 Å². The van der Waals surface area contributed by atoms with Crippen LogP contribution in [0.25, 0.3) is 0 Å². The highest BCUT2D eigenvalue weighted by Gasteiger charge is 2.57. The molecule has 8 nitrogen and oxygen atoms in total. The molecule has 1 aromatic heterocycles. The van der Waals surface area contributed by atoms with E-state index in [-0.39, 0.29) is 41.5 Å². The Morgan fingerprint density at radius 3 is 2.55 bits per heavy atom. The fraction of sp³-hybridized carbons (Fsp3) is 0.545. The van der Waals surface area contributed by atoms with Crippen LogP contribution < -0.4 is 11.1 Å². The van der Waals surface area contributed by atoms with Crippen molar-refractivity contribution in [3.8, 4) is 0 Å². The standard InChI is InChI=1S/C22H26FN5O3/c23-15-1-3-16(4-2-15)25-20-27-17(26-19(24)28-20)11-31-18(29)10-21-6-13-5-14(7-21)9-22(30,8-13)12-21/h1-4,13-14,30H,5-12H2,(H3,24,25,26,27,28)/t13-,14-,21?,22?/m1/s1. The molecule has 0 amide bonds. The molecule has 0 unspecified atom stereocenters. The van der Waals surface area contributed by atoms with Crippen molar-refractivity contribution in [2.24, 2.45) is 17.3 Å². The minimum Gasteiger partial charge on any atom is -0.457 e. The first-order valence-electron chi connectivity index (χ1n) is 10.7. The summed E-state index contributed by atoms with van der Waals surface area (Å²) in [6.45, 7) is -0.114. The molecule has 0 spiro atoms. The number of anilines is 3. The summed E-state index contributed by atoms with van der Waals surface area (Å²) in [7, 11) is 0. The van der Waals surface area contributed by atoms with Gasteiger partial charge in [0.15, 0.2) is 12.4 Å². The molecule has 1 aromatic carbocycles. The molecule has 1 heterocycles. The van der Waals surface area contributed by atoms with Gasteiger partial charge in [0.2, 0.25) is 11.9 Å². The molecule has 31 heavy (non-hydrogen) atoms. The lowest BCUT2D eigenvalue weighted by Gasteiger charge is -2.60. The van der Waals surface area contributed by atoms with Gasteiger partial charge in [-0.3, -0.25) is 4.79 Å². The predicted molar refractivity (Wildman–Crippen MR) is 110 cm³/mol. The van der Waals surface area contributed by atoms with Gasteiger partial charge in [0.1, 0.15) is 5.82 Å². The average Bonchev–Trinajstić information content (AvgIpc) is 2.65. The van der Waals surface area contributed by atoms with E-state index in [1.165, 1.54) is 18.6 Å². The molecule has 4 aliphatic rings. The number of nitrogens with one attached hydrogen (secondary N) is 1. The number of nitrogen functional groups attached to an aromatic ring is 1. The van der Waals surface area contributed by atoms with Crippen LogP contribution in [-0.2, 0) is 16.1 Å². The number of ether oxygens (including phenoxy) is 1. The van der Waals surface area contributed by atoms with Crippen LogP contribution in [0.15, 0.2) is 24.3 Å². The van der Waals surface area contributed by atoms with Crippen LogP contribution in [0.3, 0.4) is 0 Å². The Labute approximate surface area is 179 Å². The van der Waals surface area contributed by atoms with Gasteiger partial charge < -0.3 is 20.9 Å². The maximum atomic E-state index is 13.1. The van der Waals surface area contributed by atoms with Crippen molar-refractivity contribution in [1.29, 1.82) is 0 Å². The molecule has 164 valence electrons. The van der Waals surface area contributed by atoms with E-state index in [1.807, 2.05) is 0 Å². The number of carbonyl (C=O) groups excluding carboxylic acids is 1. The summed E-state index contributed by atoms with van der Waals surface area (Å²) in [5.74, 6) is 0.791. The number of esters is 1. The number of nitrogens with zero attached hydrogens (tertiary/aromatic N) is 3. The molecule has 2 aromatic rings. The third kappa shape index (κ3) is 4.32. The van der Waals surface area contributed by atoms with Crippen molar-refractivity contribution >= 4 is 23.6 Å². The van der Waals surface area contributed by atoms with E-state index >= 15 is 0 Å². The van der Waals surface area contributed by atoms with Crippen LogP contribution in [0, 0.1) is 23.1 Å². The van der Waals surface area contributed by atoms with Crippen molar-refractivity contribution in [2.45, 2.75) is 57.2 Å². The number of hydrogen-bond donors (Lipinski definition) is 3. The lowest BCUT2D eigenvalue weighted by Crippen LogP contribution is -2.56. The van der Waals surface area contributed by atoms with Gasteiger partial charge in [-0.2, -0.15) is 15.0 Å². The number of hydrogen-bond acceptors (Lipinski definition) is 8. The lowest BCUT2D eigenvalue weighted by molar-refractivity contribution is -0.177. The Morgan fingerprint density at radius 2 is 1.87 bits per heavy atom. The Hall–Kier alpha value is -2.81. The van der Waals surface area contributed by atoms with Crippen molar-refractivity contribution in [3.63, 3.8) is 0 Å². The SMILES string of the molecule is Nc1nc(COC(=O)CC23C[C@H]4C[C@@H](CC(O)(C4)C2)C3)nc(Nc2ccc(F)cc2)n1. The van der Waals surface area contributed by atoms with E-state index in [4.69, 9.17) is 10.5 Å². The first-order chi connectivity index (χ1) is 14.8. The van der Waals surface area contributed by atoms with Crippen molar-refractivity contribution < 1.29 is 19.0 Å². The van der Waals surface area contributed by atoms with Gasteiger partial charge in [0.25, 0.3) is 0 Å². The van der Waals surface area contributed by atoms with E-state index in [9.17, 15) is 14.3 Å². The van der Waals surface area contributed by atoms with Crippen molar-refractivity contribution in [3.05, 3.63) is 35.9 Å². The second-order valence-electron chi connectivity index (χ2n) is 9.59. The topological polar surface area (TPSA) is 123 Å². The summed E-state index contributed by atoms with van der Waals surface area (Å²) in [6.07, 6.45) is 5.89. The number of aliphatic hydroxyl groups is 1. The summed E-state index contributed by atoms with van der Waals surface area (Å²) >= 11 is 0. The molecule has 4 saturated carbocycles. The Morgan fingerprint density at radius 1 is 1.16 bits per heavy atom. The highest BCUT2D eigenvalue weighted by Crippen LogP contribution is 2.62. The van der Waals surface area contributed by atoms with Gasteiger partial charge in [-0.1, -0.05) is 0 Å². The third-order valence-corrected chi connectivity index (χ3v) is 6.83. The largest absolute Gasteiger partial charge is 0.457 e. The van der Waals surface area contributed by atoms with E-state index in [2.05, 4.69) is 20.3 Å². The van der Waals surface area contributed by atoms with Crippen molar-refractivity contribution in [2.75, 3.05) is 11.1 Å². The summed E-state index contributed by atoms with van der Waals surface area (Å²) in [5, 5.41) is 13.8. The molecular weight excluding hydrogens is 401 g/mol. The lowest BCUT2D eigenvalue weighted by atomic mass is 9.47. The van der Waals surface area contributed by atoms with E-state index in [1.54, 1.807) is 12.1 Å². The molecular formula is C22H26FN5O3. The molecule has 6 rings (SSSR count). The Bertz CT molecular complexity index is 985. The fourth-order valence-electron chi connectivity index (χ4n) is 6.33. The van der Waals surface area contributed by atoms with E-state index < -0.39 is 5.60 Å². The van der Waals surface area contributed by atoms with Gasteiger partial charge in [-0.25, -0.2) is 4.39 Å². The molecule has 4 bridgehead atoms. The predicted octanol–water partition coefficient (Wildman–Crippen LogP) is 3.10. The number of carbonyl (C=O) groups is 1. The first kappa shape index (κ1) is 20.1. The normalized spacial score (nSPS) is 30.9. The molecule has 2 atom stereocenters. The fourth-order valence-corrected chi connectivity index (χ4v) is 6.33. The molecule has 9 heteroatoms. The summed E-state index contributed by atoms with van der Waals surface area (Å²) in [5.41, 5.74) is 5.60. The number of benzene rings is 1. The minimum absolute atomic E-state index is 0.00559. The van der Waals surface area contributed by atoms with Gasteiger partial charge in [0.05, 0.1) is 12.0 Å². The molecule has 4 N–H and O–H groups in total. The minimum atomic E-state index is -0.603. The van der Waals surface area contributed by atoms with Gasteiger partial charge in [-0.05, 0) is 80.0 Å². The van der Waals surface area contributed by atoms with Crippen LogP contribution >= 0.6 is 0 Å². The molecule has 4 aliphatic carbocycles. The average molecular weight is 427 g/mol. The zero-order valence-electron chi connectivity index (χ0n) is 17.2. The molecule has 0 radical (unpaired) electrons. The summed E-state index contributed by atoms with van der Waals surface area (Å²) < 4.78 is 18.5. The molecule has 0 saturated heterocycles. The van der Waals surface area contributed by atoms with Crippen LogP contribution in [-0.4, -0.2) is 31.6 Å². The molecule has 4 fully saturated rings. The number of rotatable bonds is 6.